The van der Waals surface area contributed by atoms with Crippen LogP contribution < -0.4 is 5.76 Å². The Kier molecular flexibility index (Phi) is 2.09. The zero-order valence-electron chi connectivity index (χ0n) is 7.60. The number of fused-ring (bicyclic) bond motifs is 1. The first-order valence-electron chi connectivity index (χ1n) is 3.96. The Morgan fingerprint density at radius 1 is 1.43 bits per heavy atom. The van der Waals surface area contributed by atoms with E-state index in [1.807, 2.05) is 0 Å². The maximum Gasteiger partial charge on any atom is 0.419 e. The fourth-order valence-electron chi connectivity index (χ4n) is 1.35. The van der Waals surface area contributed by atoms with Crippen molar-refractivity contribution in [3.8, 4) is 0 Å². The highest BCUT2D eigenvalue weighted by atomic mass is 35.5. The van der Waals surface area contributed by atoms with Gasteiger partial charge in [-0.25, -0.2) is 4.79 Å². The highest BCUT2D eigenvalue weighted by Gasteiger charge is 2.13. The minimum absolute atomic E-state index is 0.415. The molecule has 0 spiro atoms. The Bertz CT molecular complexity index is 568. The Labute approximate surface area is 89.8 Å². The van der Waals surface area contributed by atoms with Crippen molar-refractivity contribution in [1.29, 1.82) is 0 Å². The average Bonchev–Trinajstić information content (AvgIpc) is 2.42. The van der Waals surface area contributed by atoms with Gasteiger partial charge in [0.1, 0.15) is 0 Å². The molecule has 74 valence electrons. The van der Waals surface area contributed by atoms with Gasteiger partial charge < -0.3 is 4.42 Å². The van der Waals surface area contributed by atoms with Crippen LogP contribution in [0.25, 0.3) is 11.1 Å². The molecule has 2 rings (SSSR count). The summed E-state index contributed by atoms with van der Waals surface area (Å²) in [5.41, 5.74) is 1.83. The molecule has 0 aliphatic carbocycles. The number of aryl methyl sites for hydroxylation is 2. The van der Waals surface area contributed by atoms with Crippen LogP contribution in [0.4, 0.5) is 0 Å². The Morgan fingerprint density at radius 2 is 2.07 bits per heavy atom. The summed E-state index contributed by atoms with van der Waals surface area (Å²) >= 11 is 11.8. The molecule has 2 aromatic rings. The lowest BCUT2D eigenvalue weighted by Crippen LogP contribution is -2.08. The lowest BCUT2D eigenvalue weighted by atomic mass is 10.2. The van der Waals surface area contributed by atoms with E-state index in [9.17, 15) is 4.79 Å². The molecule has 3 nitrogen and oxygen atoms in total. The minimum atomic E-state index is -0.415. The normalized spacial score (nSPS) is 11.1. The summed E-state index contributed by atoms with van der Waals surface area (Å²) in [4.78, 5) is 11.2. The van der Waals surface area contributed by atoms with Gasteiger partial charge in [0.15, 0.2) is 5.58 Å². The summed E-state index contributed by atoms with van der Waals surface area (Å²) in [7, 11) is 1.62. The van der Waals surface area contributed by atoms with Gasteiger partial charge >= 0.3 is 5.76 Å². The highest BCUT2D eigenvalue weighted by molar-refractivity contribution is 6.43. The first kappa shape index (κ1) is 9.62. The van der Waals surface area contributed by atoms with E-state index in [1.54, 1.807) is 20.0 Å². The SMILES string of the molecule is Cc1c(Cl)c(Cl)cc2c1oc(=O)n2C. The van der Waals surface area contributed by atoms with E-state index < -0.39 is 5.76 Å². The second-order valence-corrected chi connectivity index (χ2v) is 3.86. The Hall–Kier alpha value is -0.930. The molecule has 0 atom stereocenters. The molecule has 0 aliphatic rings. The highest BCUT2D eigenvalue weighted by Crippen LogP contribution is 2.31. The van der Waals surface area contributed by atoms with Crippen molar-refractivity contribution >= 4 is 34.3 Å². The Morgan fingerprint density at radius 3 is 2.71 bits per heavy atom. The number of nitrogens with zero attached hydrogens (tertiary/aromatic N) is 1. The fraction of sp³-hybridized carbons (Fsp3) is 0.222. The predicted molar refractivity (Wildman–Crippen MR) is 56.2 cm³/mol. The largest absolute Gasteiger partial charge is 0.419 e. The summed E-state index contributed by atoms with van der Waals surface area (Å²) in [5.74, 6) is -0.415. The van der Waals surface area contributed by atoms with Gasteiger partial charge in [0.2, 0.25) is 0 Å². The number of rotatable bonds is 0. The summed E-state index contributed by atoms with van der Waals surface area (Å²) < 4.78 is 6.42. The van der Waals surface area contributed by atoms with Crippen LogP contribution in [-0.2, 0) is 7.05 Å². The van der Waals surface area contributed by atoms with Crippen molar-refractivity contribution in [2.75, 3.05) is 0 Å². The number of hydrogen-bond donors (Lipinski definition) is 0. The van der Waals surface area contributed by atoms with Crippen LogP contribution in [0.15, 0.2) is 15.3 Å². The van der Waals surface area contributed by atoms with Crippen molar-refractivity contribution in [1.82, 2.24) is 4.57 Å². The van der Waals surface area contributed by atoms with Gasteiger partial charge in [0.05, 0.1) is 15.6 Å². The summed E-state index contributed by atoms with van der Waals surface area (Å²) in [6.07, 6.45) is 0. The van der Waals surface area contributed by atoms with E-state index in [-0.39, 0.29) is 0 Å². The van der Waals surface area contributed by atoms with Gasteiger partial charge in [-0.2, -0.15) is 0 Å². The number of aromatic nitrogens is 1. The van der Waals surface area contributed by atoms with Crippen molar-refractivity contribution in [2.45, 2.75) is 6.92 Å². The fourth-order valence-corrected chi connectivity index (χ4v) is 1.74. The van der Waals surface area contributed by atoms with Crippen LogP contribution in [0.2, 0.25) is 10.0 Å². The van der Waals surface area contributed by atoms with Gasteiger partial charge in [-0.05, 0) is 13.0 Å². The number of halogens is 2. The average molecular weight is 232 g/mol. The summed E-state index contributed by atoms with van der Waals surface area (Å²) in [5, 5.41) is 0.849. The molecule has 0 unspecified atom stereocenters. The monoisotopic (exact) mass is 231 g/mol. The van der Waals surface area contributed by atoms with Crippen LogP contribution in [0.5, 0.6) is 0 Å². The van der Waals surface area contributed by atoms with Gasteiger partial charge in [-0.3, -0.25) is 4.57 Å². The van der Waals surface area contributed by atoms with Crippen LogP contribution in [0, 0.1) is 6.92 Å². The molecular weight excluding hydrogens is 225 g/mol. The van der Waals surface area contributed by atoms with Crippen LogP contribution in [-0.4, -0.2) is 4.57 Å². The topological polar surface area (TPSA) is 35.1 Å². The molecule has 0 N–H and O–H groups in total. The van der Waals surface area contributed by atoms with Gasteiger partial charge in [0.25, 0.3) is 0 Å². The molecule has 0 bridgehead atoms. The molecule has 0 fully saturated rings. The van der Waals surface area contributed by atoms with Gasteiger partial charge in [-0.1, -0.05) is 23.2 Å². The van der Waals surface area contributed by atoms with Crippen LogP contribution in [0.1, 0.15) is 5.56 Å². The van der Waals surface area contributed by atoms with Crippen LogP contribution in [0.3, 0.4) is 0 Å². The van der Waals surface area contributed by atoms with E-state index in [2.05, 4.69) is 0 Å². The van der Waals surface area contributed by atoms with Crippen molar-refractivity contribution in [3.05, 3.63) is 32.2 Å². The first-order valence-corrected chi connectivity index (χ1v) is 4.72. The summed E-state index contributed by atoms with van der Waals surface area (Å²) in [6.45, 7) is 1.76. The minimum Gasteiger partial charge on any atom is -0.407 e. The molecule has 0 saturated carbocycles. The number of hydrogen-bond acceptors (Lipinski definition) is 2. The number of benzene rings is 1. The molecule has 0 amide bonds. The third-order valence-electron chi connectivity index (χ3n) is 2.20. The first-order chi connectivity index (χ1) is 6.52. The van der Waals surface area contributed by atoms with Crippen LogP contribution >= 0.6 is 23.2 Å². The van der Waals surface area contributed by atoms with Crippen molar-refractivity contribution in [2.24, 2.45) is 7.05 Å². The van der Waals surface area contributed by atoms with Gasteiger partial charge in [-0.15, -0.1) is 0 Å². The second-order valence-electron chi connectivity index (χ2n) is 3.07. The molecule has 0 radical (unpaired) electrons. The molecule has 1 heterocycles. The quantitative estimate of drug-likeness (QED) is 0.699. The lowest BCUT2D eigenvalue weighted by Gasteiger charge is -2.00. The molecule has 1 aromatic heterocycles. The number of oxazole rings is 1. The molecule has 14 heavy (non-hydrogen) atoms. The van der Waals surface area contributed by atoms with E-state index in [0.717, 1.165) is 0 Å². The third kappa shape index (κ3) is 1.16. The van der Waals surface area contributed by atoms with Crippen molar-refractivity contribution < 1.29 is 4.42 Å². The van der Waals surface area contributed by atoms with E-state index in [1.165, 1.54) is 4.57 Å². The lowest BCUT2D eigenvalue weighted by molar-refractivity contribution is 0.526. The third-order valence-corrected chi connectivity index (χ3v) is 3.08. The van der Waals surface area contributed by atoms with E-state index >= 15 is 0 Å². The maximum absolute atomic E-state index is 11.2. The molecule has 0 saturated heterocycles. The second kappa shape index (κ2) is 3.04. The molecule has 0 aliphatic heterocycles. The van der Waals surface area contributed by atoms with E-state index in [0.29, 0.717) is 26.7 Å². The standard InChI is InChI=1S/C9H7Cl2NO2/c1-4-7(11)5(10)3-6-8(4)14-9(13)12(6)2/h3H,1-2H3. The maximum atomic E-state index is 11.2. The zero-order valence-corrected chi connectivity index (χ0v) is 9.11. The predicted octanol–water partition coefficient (Wildman–Crippen LogP) is 2.75. The zero-order chi connectivity index (χ0) is 10.5. The van der Waals surface area contributed by atoms with E-state index in [4.69, 9.17) is 27.6 Å². The molecule has 1 aromatic carbocycles. The smallest absolute Gasteiger partial charge is 0.407 e. The van der Waals surface area contributed by atoms with Crippen molar-refractivity contribution in [3.63, 3.8) is 0 Å². The van der Waals surface area contributed by atoms with Gasteiger partial charge in [0, 0.05) is 12.6 Å². The Balaban J connectivity index is 3.05. The molecule has 5 heteroatoms. The molecular formula is C9H7Cl2NO2. The summed E-state index contributed by atoms with van der Waals surface area (Å²) in [6, 6.07) is 1.62.